The first kappa shape index (κ1) is 15.8. The van der Waals surface area contributed by atoms with Crippen LogP contribution in [0.1, 0.15) is 58.3 Å². The van der Waals surface area contributed by atoms with E-state index in [0.29, 0.717) is 6.04 Å². The van der Waals surface area contributed by atoms with Gasteiger partial charge in [-0.25, -0.2) is 0 Å². The Balaban J connectivity index is 1.74. The average molecular weight is 281 g/mol. The highest BCUT2D eigenvalue weighted by molar-refractivity contribution is 5.79. The summed E-state index contributed by atoms with van der Waals surface area (Å²) in [5.74, 6) is 0.400. The maximum Gasteiger partial charge on any atom is 0.223 e. The van der Waals surface area contributed by atoms with Crippen LogP contribution in [-0.4, -0.2) is 42.5 Å². The molecule has 3 unspecified atom stereocenters. The van der Waals surface area contributed by atoms with Crippen LogP contribution in [0.5, 0.6) is 0 Å². The molecular formula is C16H31N3O. The summed E-state index contributed by atoms with van der Waals surface area (Å²) in [6, 6.07) is 0.788. The fraction of sp³-hybridized carbons (Fsp3) is 0.938. The molecule has 1 amide bonds. The van der Waals surface area contributed by atoms with Crippen molar-refractivity contribution in [3.05, 3.63) is 0 Å². The number of hydrogen-bond acceptors (Lipinski definition) is 3. The molecule has 2 aliphatic rings. The number of unbranched alkanes of at least 4 members (excludes halogenated alkanes) is 1. The van der Waals surface area contributed by atoms with Crippen molar-refractivity contribution in [3.8, 4) is 0 Å². The highest BCUT2D eigenvalue weighted by Gasteiger charge is 2.29. The van der Waals surface area contributed by atoms with Gasteiger partial charge >= 0.3 is 0 Å². The second kappa shape index (κ2) is 7.99. The van der Waals surface area contributed by atoms with E-state index in [1.807, 2.05) is 0 Å². The summed E-state index contributed by atoms with van der Waals surface area (Å²) in [5, 5.41) is 3.19. The minimum absolute atomic E-state index is 0.165. The zero-order valence-electron chi connectivity index (χ0n) is 12.9. The fourth-order valence-corrected chi connectivity index (χ4v) is 3.56. The van der Waals surface area contributed by atoms with Crippen molar-refractivity contribution in [1.29, 1.82) is 0 Å². The molecule has 1 aliphatic heterocycles. The molecule has 2 fully saturated rings. The van der Waals surface area contributed by atoms with E-state index in [4.69, 9.17) is 5.73 Å². The normalized spacial score (nSPS) is 31.4. The van der Waals surface area contributed by atoms with Gasteiger partial charge in [0.2, 0.25) is 5.91 Å². The maximum absolute atomic E-state index is 12.2. The largest absolute Gasteiger partial charge is 0.354 e. The smallest absolute Gasteiger partial charge is 0.223 e. The lowest BCUT2D eigenvalue weighted by Crippen LogP contribution is -2.47. The zero-order valence-corrected chi connectivity index (χ0v) is 12.9. The minimum atomic E-state index is 0.165. The molecule has 1 heterocycles. The molecule has 0 bridgehead atoms. The van der Waals surface area contributed by atoms with E-state index >= 15 is 0 Å². The summed E-state index contributed by atoms with van der Waals surface area (Å²) in [6.07, 6.45) is 9.20. The van der Waals surface area contributed by atoms with E-state index in [2.05, 4.69) is 17.1 Å². The molecule has 1 saturated carbocycles. The Labute approximate surface area is 123 Å². The van der Waals surface area contributed by atoms with Gasteiger partial charge in [0.15, 0.2) is 0 Å². The van der Waals surface area contributed by atoms with Gasteiger partial charge in [-0.05, 0) is 51.6 Å². The van der Waals surface area contributed by atoms with Crippen LogP contribution < -0.4 is 11.1 Å². The Morgan fingerprint density at radius 1 is 1.30 bits per heavy atom. The number of piperidine rings is 1. The highest BCUT2D eigenvalue weighted by atomic mass is 16.1. The third kappa shape index (κ3) is 4.45. The number of hydrogen-bond donors (Lipinski definition) is 2. The van der Waals surface area contributed by atoms with Crippen LogP contribution in [0.3, 0.4) is 0 Å². The average Bonchev–Trinajstić information content (AvgIpc) is 2.90. The molecule has 1 saturated heterocycles. The number of amides is 1. The molecule has 3 atom stereocenters. The molecule has 0 aromatic rings. The van der Waals surface area contributed by atoms with Crippen molar-refractivity contribution >= 4 is 5.91 Å². The lowest BCUT2D eigenvalue weighted by molar-refractivity contribution is -0.125. The number of nitrogens with two attached hydrogens (primary N) is 1. The topological polar surface area (TPSA) is 58.4 Å². The molecule has 3 N–H and O–H groups in total. The second-order valence-electron chi connectivity index (χ2n) is 6.55. The van der Waals surface area contributed by atoms with Crippen LogP contribution >= 0.6 is 0 Å². The second-order valence-corrected chi connectivity index (χ2v) is 6.55. The Morgan fingerprint density at radius 2 is 2.15 bits per heavy atom. The molecule has 1 aliphatic carbocycles. The Hall–Kier alpha value is -0.610. The zero-order chi connectivity index (χ0) is 14.4. The summed E-state index contributed by atoms with van der Waals surface area (Å²) in [5.41, 5.74) is 5.89. The van der Waals surface area contributed by atoms with Crippen molar-refractivity contribution in [2.45, 2.75) is 70.4 Å². The lowest BCUT2D eigenvalue weighted by atomic mass is 10.0. The summed E-state index contributed by atoms with van der Waals surface area (Å²) in [4.78, 5) is 14.7. The monoisotopic (exact) mass is 281 g/mol. The van der Waals surface area contributed by atoms with Crippen molar-refractivity contribution in [3.63, 3.8) is 0 Å². The maximum atomic E-state index is 12.2. The fourth-order valence-electron chi connectivity index (χ4n) is 3.56. The molecule has 0 spiro atoms. The Morgan fingerprint density at radius 3 is 2.85 bits per heavy atom. The standard InChI is InChI=1S/C16H31N3O/c1-2-3-9-19-10-5-4-6-15(19)12-18-16(20)13-7-8-14(17)11-13/h13-15H,2-12,17H2,1H3,(H,18,20). The lowest BCUT2D eigenvalue weighted by Gasteiger charge is -2.36. The highest BCUT2D eigenvalue weighted by Crippen LogP contribution is 2.24. The molecule has 0 radical (unpaired) electrons. The van der Waals surface area contributed by atoms with Gasteiger partial charge in [-0.15, -0.1) is 0 Å². The van der Waals surface area contributed by atoms with E-state index in [1.165, 1.54) is 45.2 Å². The quantitative estimate of drug-likeness (QED) is 0.781. The summed E-state index contributed by atoms with van der Waals surface area (Å²) in [6.45, 7) is 5.46. The van der Waals surface area contributed by atoms with Gasteiger partial charge in [0.25, 0.3) is 0 Å². The SMILES string of the molecule is CCCCN1CCCCC1CNC(=O)C1CCC(N)C1. The summed E-state index contributed by atoms with van der Waals surface area (Å²) in [7, 11) is 0. The van der Waals surface area contributed by atoms with Crippen molar-refractivity contribution in [2.75, 3.05) is 19.6 Å². The number of nitrogens with one attached hydrogen (secondary N) is 1. The van der Waals surface area contributed by atoms with Gasteiger partial charge in [-0.1, -0.05) is 19.8 Å². The predicted molar refractivity (Wildman–Crippen MR) is 82.4 cm³/mol. The number of likely N-dealkylation sites (tertiary alicyclic amines) is 1. The predicted octanol–water partition coefficient (Wildman–Crippen LogP) is 1.88. The number of carbonyl (C=O) groups is 1. The third-order valence-electron chi connectivity index (χ3n) is 4.90. The van der Waals surface area contributed by atoms with E-state index in [1.54, 1.807) is 0 Å². The van der Waals surface area contributed by atoms with Gasteiger partial charge in [-0.2, -0.15) is 0 Å². The van der Waals surface area contributed by atoms with Crippen LogP contribution in [0, 0.1) is 5.92 Å². The van der Waals surface area contributed by atoms with E-state index in [-0.39, 0.29) is 17.9 Å². The van der Waals surface area contributed by atoms with E-state index in [0.717, 1.165) is 25.8 Å². The molecule has 4 heteroatoms. The van der Waals surface area contributed by atoms with Crippen LogP contribution in [-0.2, 0) is 4.79 Å². The molecular weight excluding hydrogens is 250 g/mol. The first-order valence-electron chi connectivity index (χ1n) is 8.48. The molecule has 20 heavy (non-hydrogen) atoms. The Kier molecular flexibility index (Phi) is 6.30. The minimum Gasteiger partial charge on any atom is -0.354 e. The van der Waals surface area contributed by atoms with Crippen molar-refractivity contribution in [2.24, 2.45) is 11.7 Å². The first-order valence-corrected chi connectivity index (χ1v) is 8.48. The van der Waals surface area contributed by atoms with Gasteiger partial charge in [-0.3, -0.25) is 9.69 Å². The van der Waals surface area contributed by atoms with Gasteiger partial charge in [0.05, 0.1) is 0 Å². The van der Waals surface area contributed by atoms with Gasteiger partial charge in [0.1, 0.15) is 0 Å². The summed E-state index contributed by atoms with van der Waals surface area (Å²) < 4.78 is 0. The van der Waals surface area contributed by atoms with E-state index in [9.17, 15) is 4.79 Å². The molecule has 2 rings (SSSR count). The molecule has 0 aromatic carbocycles. The number of nitrogens with zero attached hydrogens (tertiary/aromatic N) is 1. The van der Waals surface area contributed by atoms with Crippen LogP contribution in [0.2, 0.25) is 0 Å². The Bertz CT molecular complexity index is 308. The molecule has 116 valence electrons. The first-order chi connectivity index (χ1) is 9.70. The third-order valence-corrected chi connectivity index (χ3v) is 4.90. The van der Waals surface area contributed by atoms with Crippen LogP contribution in [0.25, 0.3) is 0 Å². The van der Waals surface area contributed by atoms with Crippen molar-refractivity contribution < 1.29 is 4.79 Å². The van der Waals surface area contributed by atoms with Crippen LogP contribution in [0.4, 0.5) is 0 Å². The molecule has 0 aromatic heterocycles. The number of carbonyl (C=O) groups excluding carboxylic acids is 1. The van der Waals surface area contributed by atoms with Gasteiger partial charge in [0, 0.05) is 24.5 Å². The number of rotatable bonds is 6. The van der Waals surface area contributed by atoms with Crippen LogP contribution in [0.15, 0.2) is 0 Å². The van der Waals surface area contributed by atoms with Crippen molar-refractivity contribution in [1.82, 2.24) is 10.2 Å². The molecule has 4 nitrogen and oxygen atoms in total. The van der Waals surface area contributed by atoms with E-state index < -0.39 is 0 Å². The summed E-state index contributed by atoms with van der Waals surface area (Å²) >= 11 is 0. The van der Waals surface area contributed by atoms with Gasteiger partial charge < -0.3 is 11.1 Å².